The highest BCUT2D eigenvalue weighted by Gasteiger charge is 2.20. The van der Waals surface area contributed by atoms with E-state index in [1.54, 1.807) is 10.8 Å². The molecular formula is C4H11BF4S2. The Labute approximate surface area is 73.0 Å². The Hall–Kier alpha value is 0.485. The molecule has 0 atom stereocenters. The smallest absolute Gasteiger partial charge is 0.418 e. The Bertz CT molecular complexity index is 91.2. The maximum Gasteiger partial charge on any atom is 0.673 e. The summed E-state index contributed by atoms with van der Waals surface area (Å²) in [5.74, 6) is 0. The van der Waals surface area contributed by atoms with E-state index in [-0.39, 0.29) is 0 Å². The normalized spacial score (nSPS) is 12.0. The topological polar surface area (TPSA) is 0 Å². The molecule has 0 rings (SSSR count). The minimum Gasteiger partial charge on any atom is -0.418 e. The van der Waals surface area contributed by atoms with Crippen LogP contribution in [-0.2, 0) is 11.7 Å². The molecule has 0 heterocycles. The fourth-order valence-corrected chi connectivity index (χ4v) is 0. The van der Waals surface area contributed by atoms with Crippen molar-refractivity contribution < 1.29 is 17.3 Å². The Balaban J connectivity index is 0. The Morgan fingerprint density at radius 1 is 1.09 bits per heavy atom. The van der Waals surface area contributed by atoms with Crippen molar-refractivity contribution in [3.63, 3.8) is 0 Å². The molecule has 0 saturated carbocycles. The molecule has 0 aromatic carbocycles. The van der Waals surface area contributed by atoms with Gasteiger partial charge in [-0.15, -0.1) is 0 Å². The lowest BCUT2D eigenvalue weighted by atomic mass is 10.3. The maximum atomic E-state index is 9.75. The second-order valence-corrected chi connectivity index (χ2v) is 4.75. The van der Waals surface area contributed by atoms with Gasteiger partial charge in [-0.3, -0.25) is 0 Å². The van der Waals surface area contributed by atoms with Crippen LogP contribution >= 0.6 is 10.8 Å². The van der Waals surface area contributed by atoms with Gasteiger partial charge in [0.1, 0.15) is 0 Å². The van der Waals surface area contributed by atoms with Gasteiger partial charge in [-0.2, -0.15) is 0 Å². The van der Waals surface area contributed by atoms with E-state index in [4.69, 9.17) is 0 Å². The summed E-state index contributed by atoms with van der Waals surface area (Å²) in [5.41, 5.74) is 0. The van der Waals surface area contributed by atoms with Crippen LogP contribution in [0.2, 0.25) is 0 Å². The Kier molecular flexibility index (Phi) is 6.62. The van der Waals surface area contributed by atoms with Gasteiger partial charge in [0.2, 0.25) is 0 Å². The van der Waals surface area contributed by atoms with Gasteiger partial charge in [-0.05, 0) is 20.8 Å². The molecule has 0 fully saturated rings. The van der Waals surface area contributed by atoms with Crippen molar-refractivity contribution in [1.82, 2.24) is 0 Å². The van der Waals surface area contributed by atoms with Gasteiger partial charge in [0, 0.05) is 11.7 Å². The second-order valence-electron chi connectivity index (χ2n) is 2.71. The second kappa shape index (κ2) is 5.19. The number of hydrogen-bond acceptors (Lipinski definition) is 1. The van der Waals surface area contributed by atoms with Crippen LogP contribution in [0.1, 0.15) is 20.8 Å². The zero-order valence-corrected chi connectivity index (χ0v) is 8.31. The predicted molar refractivity (Wildman–Crippen MR) is 47.7 cm³/mol. The van der Waals surface area contributed by atoms with E-state index in [1.807, 2.05) is 0 Å². The van der Waals surface area contributed by atoms with Gasteiger partial charge in [-0.1, -0.05) is 0 Å². The molecule has 11 heavy (non-hydrogen) atoms. The van der Waals surface area contributed by atoms with Gasteiger partial charge < -0.3 is 17.3 Å². The van der Waals surface area contributed by atoms with Crippen LogP contribution in [0.4, 0.5) is 17.3 Å². The van der Waals surface area contributed by atoms with E-state index in [0.29, 0.717) is 4.75 Å². The Morgan fingerprint density at radius 3 is 1.18 bits per heavy atom. The quantitative estimate of drug-likeness (QED) is 0.256. The number of halogens is 4. The lowest BCUT2D eigenvalue weighted by Gasteiger charge is -2.05. The molecule has 7 heteroatoms. The van der Waals surface area contributed by atoms with Crippen molar-refractivity contribution in [2.45, 2.75) is 25.5 Å². The van der Waals surface area contributed by atoms with E-state index in [9.17, 15) is 17.3 Å². The van der Waals surface area contributed by atoms with E-state index < -0.39 is 7.25 Å². The first-order chi connectivity index (χ1) is 4.56. The molecule has 70 valence electrons. The molecule has 0 saturated heterocycles. The number of hydrogen-bond donors (Lipinski definition) is 0. The maximum absolute atomic E-state index is 9.75. The standard InChI is InChI=1S/C4H10S2.BF4/c1-4(2,3)6-5;2-1(3,4)5/h5H,1-3H3;/q;-1/p+1. The molecule has 0 aromatic heterocycles. The van der Waals surface area contributed by atoms with Crippen LogP contribution in [0.5, 0.6) is 0 Å². The fraction of sp³-hybridized carbons (Fsp3) is 1.00. The summed E-state index contributed by atoms with van der Waals surface area (Å²) in [4.78, 5) is 0. The van der Waals surface area contributed by atoms with Crippen LogP contribution in [0.3, 0.4) is 0 Å². The molecule has 0 amide bonds. The van der Waals surface area contributed by atoms with Crippen molar-refractivity contribution in [2.75, 3.05) is 0 Å². The highest BCUT2D eigenvalue weighted by molar-refractivity contribution is 8.59. The predicted octanol–water partition coefficient (Wildman–Crippen LogP) is 2.74. The minimum absolute atomic E-state index is 0.372. The van der Waals surface area contributed by atoms with E-state index in [2.05, 4.69) is 32.4 Å². The molecule has 0 aromatic rings. The molecule has 0 unspecified atom stereocenters. The molecule has 0 N–H and O–H groups in total. The van der Waals surface area contributed by atoms with Gasteiger partial charge in [0.15, 0.2) is 0 Å². The first kappa shape index (κ1) is 14.0. The summed E-state index contributed by atoms with van der Waals surface area (Å²) in [5, 5.41) is 0. The van der Waals surface area contributed by atoms with E-state index in [1.165, 1.54) is 0 Å². The van der Waals surface area contributed by atoms with Crippen molar-refractivity contribution in [2.24, 2.45) is 0 Å². The zero-order chi connectivity index (χ0) is 9.71. The van der Waals surface area contributed by atoms with Crippen molar-refractivity contribution in [1.29, 1.82) is 0 Å². The molecule has 0 bridgehead atoms. The van der Waals surface area contributed by atoms with Crippen LogP contribution in [0, 0.1) is 0 Å². The van der Waals surface area contributed by atoms with Gasteiger partial charge >= 0.3 is 7.25 Å². The zero-order valence-electron chi connectivity index (χ0n) is 6.50. The van der Waals surface area contributed by atoms with Crippen LogP contribution in [0.25, 0.3) is 0 Å². The summed E-state index contributed by atoms with van der Waals surface area (Å²) in [6.07, 6.45) is 0. The first-order valence-electron chi connectivity index (χ1n) is 2.78. The highest BCUT2D eigenvalue weighted by Crippen LogP contribution is 2.19. The summed E-state index contributed by atoms with van der Waals surface area (Å²) in [6, 6.07) is 0. The fourth-order valence-electron chi connectivity index (χ4n) is 0. The average molecular weight is 210 g/mol. The SMILES string of the molecule is CC(C)(C)S[SH2+].F[B-](F)(F)F. The largest absolute Gasteiger partial charge is 0.673 e. The number of rotatable bonds is 0. The van der Waals surface area contributed by atoms with Crippen LogP contribution in [0.15, 0.2) is 0 Å². The lowest BCUT2D eigenvalue weighted by Crippen LogP contribution is -2.04. The summed E-state index contributed by atoms with van der Waals surface area (Å²) >= 11 is 3.33. The van der Waals surface area contributed by atoms with Gasteiger partial charge in [-0.25, -0.2) is 0 Å². The highest BCUT2D eigenvalue weighted by atomic mass is 33.1. The summed E-state index contributed by atoms with van der Waals surface area (Å²) < 4.78 is 39.4. The third-order valence-corrected chi connectivity index (χ3v) is 2.76. The van der Waals surface area contributed by atoms with Crippen LogP contribution in [-0.4, -0.2) is 12.0 Å². The van der Waals surface area contributed by atoms with E-state index >= 15 is 0 Å². The lowest BCUT2D eigenvalue weighted by molar-refractivity contribution is 0.368. The average Bonchev–Trinajstić information content (AvgIpc) is 1.59. The molecule has 0 radical (unpaired) electrons. The van der Waals surface area contributed by atoms with Crippen molar-refractivity contribution in [3.05, 3.63) is 0 Å². The minimum atomic E-state index is -6.00. The summed E-state index contributed by atoms with van der Waals surface area (Å²) in [7, 11) is -4.31. The van der Waals surface area contributed by atoms with Gasteiger partial charge in [0.25, 0.3) is 0 Å². The van der Waals surface area contributed by atoms with Gasteiger partial charge in [0.05, 0.1) is 15.5 Å². The van der Waals surface area contributed by atoms with Crippen molar-refractivity contribution >= 4 is 29.7 Å². The Morgan fingerprint density at radius 2 is 1.18 bits per heavy atom. The summed E-state index contributed by atoms with van der Waals surface area (Å²) in [6.45, 7) is 6.47. The molecule has 0 aliphatic rings. The molecule has 0 aliphatic heterocycles. The van der Waals surface area contributed by atoms with Crippen molar-refractivity contribution in [3.8, 4) is 0 Å². The van der Waals surface area contributed by atoms with E-state index in [0.717, 1.165) is 0 Å². The third kappa shape index (κ3) is 62.2. The molecule has 0 aliphatic carbocycles. The van der Waals surface area contributed by atoms with Crippen LogP contribution < -0.4 is 0 Å². The molecular weight excluding hydrogens is 199 g/mol. The molecule has 0 spiro atoms. The monoisotopic (exact) mass is 210 g/mol. The third-order valence-electron chi connectivity index (χ3n) is 0.306. The first-order valence-corrected chi connectivity index (χ1v) is 4.82. The molecule has 0 nitrogen and oxygen atoms in total.